The van der Waals surface area contributed by atoms with Crippen LogP contribution in [-0.2, 0) is 4.79 Å². The molecule has 16 heavy (non-hydrogen) atoms. The third-order valence-electron chi connectivity index (χ3n) is 2.05. The highest BCUT2D eigenvalue weighted by molar-refractivity contribution is 5.97. The number of nitrogens with zero attached hydrogens (tertiary/aromatic N) is 1. The Morgan fingerprint density at radius 2 is 1.94 bits per heavy atom. The molecular formula is C11H11N3O2. The fraction of sp³-hybridized carbons (Fsp3) is 0.182. The molecule has 0 fully saturated rings. The number of hydrogen-bond donors (Lipinski definition) is 2. The number of nitriles is 1. The lowest BCUT2D eigenvalue weighted by Gasteiger charge is -2.09. The molecule has 0 aliphatic rings. The minimum absolute atomic E-state index is 0.382. The standard InChI is InChI=1S/C11H11N3O2/c1-7(10(13)15)14-11(16)9-4-2-8(6-12)3-5-9/h2-5,7H,1H3,(H2,13,15)(H,14,16)/t7-/m0/s1. The van der Waals surface area contributed by atoms with Crippen LogP contribution in [0.2, 0.25) is 0 Å². The van der Waals surface area contributed by atoms with E-state index in [-0.39, 0.29) is 0 Å². The molecule has 0 radical (unpaired) electrons. The molecule has 1 aromatic carbocycles. The van der Waals surface area contributed by atoms with Gasteiger partial charge in [-0.3, -0.25) is 9.59 Å². The van der Waals surface area contributed by atoms with E-state index in [1.54, 1.807) is 0 Å². The lowest BCUT2D eigenvalue weighted by atomic mass is 10.1. The summed E-state index contributed by atoms with van der Waals surface area (Å²) in [6.45, 7) is 1.50. The highest BCUT2D eigenvalue weighted by Crippen LogP contribution is 2.03. The van der Waals surface area contributed by atoms with Crippen LogP contribution in [0.5, 0.6) is 0 Å². The molecule has 0 bridgehead atoms. The highest BCUT2D eigenvalue weighted by Gasteiger charge is 2.13. The van der Waals surface area contributed by atoms with Crippen molar-refractivity contribution in [2.75, 3.05) is 0 Å². The number of carbonyl (C=O) groups is 2. The largest absolute Gasteiger partial charge is 0.368 e. The first-order chi connectivity index (χ1) is 7.54. The maximum Gasteiger partial charge on any atom is 0.251 e. The molecule has 0 heterocycles. The van der Waals surface area contributed by atoms with Gasteiger partial charge >= 0.3 is 0 Å². The van der Waals surface area contributed by atoms with Crippen LogP contribution < -0.4 is 11.1 Å². The number of nitrogens with one attached hydrogen (secondary N) is 1. The molecule has 1 rings (SSSR count). The van der Waals surface area contributed by atoms with Crippen LogP contribution in [0.4, 0.5) is 0 Å². The van der Waals surface area contributed by atoms with E-state index in [1.807, 2.05) is 6.07 Å². The van der Waals surface area contributed by atoms with Crippen molar-refractivity contribution in [3.8, 4) is 6.07 Å². The average Bonchev–Trinajstić information content (AvgIpc) is 2.28. The molecule has 3 N–H and O–H groups in total. The lowest BCUT2D eigenvalue weighted by Crippen LogP contribution is -2.42. The molecule has 1 atom stereocenters. The SMILES string of the molecule is C[C@H](NC(=O)c1ccc(C#N)cc1)C(N)=O. The monoisotopic (exact) mass is 217 g/mol. The van der Waals surface area contributed by atoms with E-state index in [1.165, 1.54) is 31.2 Å². The van der Waals surface area contributed by atoms with Crippen molar-refractivity contribution >= 4 is 11.8 Å². The predicted molar refractivity (Wildman–Crippen MR) is 57.3 cm³/mol. The molecule has 0 spiro atoms. The summed E-state index contributed by atoms with van der Waals surface area (Å²) < 4.78 is 0. The van der Waals surface area contributed by atoms with E-state index in [0.29, 0.717) is 11.1 Å². The minimum Gasteiger partial charge on any atom is -0.368 e. The zero-order valence-electron chi connectivity index (χ0n) is 8.73. The molecule has 5 heteroatoms. The Balaban J connectivity index is 2.74. The summed E-state index contributed by atoms with van der Waals surface area (Å²) in [4.78, 5) is 22.3. The van der Waals surface area contributed by atoms with E-state index >= 15 is 0 Å². The zero-order chi connectivity index (χ0) is 12.1. The Morgan fingerprint density at radius 3 is 2.38 bits per heavy atom. The van der Waals surface area contributed by atoms with E-state index in [4.69, 9.17) is 11.0 Å². The van der Waals surface area contributed by atoms with Gasteiger partial charge in [0.25, 0.3) is 5.91 Å². The van der Waals surface area contributed by atoms with E-state index in [2.05, 4.69) is 5.32 Å². The molecular weight excluding hydrogens is 206 g/mol. The van der Waals surface area contributed by atoms with Crippen LogP contribution in [-0.4, -0.2) is 17.9 Å². The molecule has 0 saturated carbocycles. The molecule has 1 aromatic rings. The molecule has 0 aliphatic carbocycles. The second-order valence-corrected chi connectivity index (χ2v) is 3.29. The Labute approximate surface area is 92.9 Å². The van der Waals surface area contributed by atoms with Crippen molar-refractivity contribution < 1.29 is 9.59 Å². The number of amides is 2. The first-order valence-corrected chi connectivity index (χ1v) is 4.65. The third kappa shape index (κ3) is 2.82. The summed E-state index contributed by atoms with van der Waals surface area (Å²) in [5.74, 6) is -0.988. The summed E-state index contributed by atoms with van der Waals surface area (Å²) >= 11 is 0. The zero-order valence-corrected chi connectivity index (χ0v) is 8.73. The minimum atomic E-state index is -0.719. The summed E-state index contributed by atoms with van der Waals surface area (Å²) in [5, 5.41) is 11.0. The highest BCUT2D eigenvalue weighted by atomic mass is 16.2. The van der Waals surface area contributed by atoms with Crippen LogP contribution in [0.15, 0.2) is 24.3 Å². The van der Waals surface area contributed by atoms with Gasteiger partial charge in [-0.2, -0.15) is 5.26 Å². The van der Waals surface area contributed by atoms with Crippen molar-refractivity contribution in [1.82, 2.24) is 5.32 Å². The van der Waals surface area contributed by atoms with E-state index in [9.17, 15) is 9.59 Å². The Kier molecular flexibility index (Phi) is 3.62. The van der Waals surface area contributed by atoms with Gasteiger partial charge in [-0.05, 0) is 31.2 Å². The number of rotatable bonds is 3. The van der Waals surface area contributed by atoms with Crippen molar-refractivity contribution in [1.29, 1.82) is 5.26 Å². The number of primary amides is 1. The predicted octanol–water partition coefficient (Wildman–Crippen LogP) is 0.162. The normalized spacial score (nSPS) is 11.2. The van der Waals surface area contributed by atoms with Gasteiger partial charge in [-0.1, -0.05) is 0 Å². The molecule has 82 valence electrons. The number of nitrogens with two attached hydrogens (primary N) is 1. The quantitative estimate of drug-likeness (QED) is 0.754. The number of carbonyl (C=O) groups excluding carboxylic acids is 2. The topological polar surface area (TPSA) is 96.0 Å². The van der Waals surface area contributed by atoms with Gasteiger partial charge in [0, 0.05) is 5.56 Å². The second-order valence-electron chi connectivity index (χ2n) is 3.29. The van der Waals surface area contributed by atoms with Gasteiger partial charge in [0.05, 0.1) is 11.6 Å². The fourth-order valence-electron chi connectivity index (χ4n) is 1.05. The number of benzene rings is 1. The second kappa shape index (κ2) is 4.94. The summed E-state index contributed by atoms with van der Waals surface area (Å²) in [5.41, 5.74) is 5.86. The first kappa shape index (κ1) is 11.7. The maximum atomic E-state index is 11.6. The maximum absolute atomic E-state index is 11.6. The lowest BCUT2D eigenvalue weighted by molar-refractivity contribution is -0.119. The van der Waals surface area contributed by atoms with Gasteiger partial charge in [-0.25, -0.2) is 0 Å². The van der Waals surface area contributed by atoms with Gasteiger partial charge in [0.1, 0.15) is 6.04 Å². The van der Waals surface area contributed by atoms with Crippen LogP contribution in [0.25, 0.3) is 0 Å². The Hall–Kier alpha value is -2.35. The van der Waals surface area contributed by atoms with Crippen LogP contribution in [0, 0.1) is 11.3 Å². The molecule has 0 aromatic heterocycles. The van der Waals surface area contributed by atoms with Crippen LogP contribution in [0.1, 0.15) is 22.8 Å². The van der Waals surface area contributed by atoms with Crippen molar-refractivity contribution in [2.45, 2.75) is 13.0 Å². The molecule has 0 unspecified atom stereocenters. The average molecular weight is 217 g/mol. The van der Waals surface area contributed by atoms with Crippen LogP contribution in [0.3, 0.4) is 0 Å². The third-order valence-corrected chi connectivity index (χ3v) is 2.05. The number of hydrogen-bond acceptors (Lipinski definition) is 3. The summed E-state index contributed by atoms with van der Waals surface area (Å²) in [7, 11) is 0. The van der Waals surface area contributed by atoms with Crippen molar-refractivity contribution in [3.05, 3.63) is 35.4 Å². The summed E-state index contributed by atoms with van der Waals surface area (Å²) in [6, 6.07) is 7.32. The van der Waals surface area contributed by atoms with Crippen molar-refractivity contribution in [3.63, 3.8) is 0 Å². The molecule has 0 saturated heterocycles. The van der Waals surface area contributed by atoms with Gasteiger partial charge in [0.2, 0.25) is 5.91 Å². The first-order valence-electron chi connectivity index (χ1n) is 4.65. The molecule has 0 aliphatic heterocycles. The summed E-state index contributed by atoms with van der Waals surface area (Å²) in [6.07, 6.45) is 0. The molecule has 2 amide bonds. The Bertz CT molecular complexity index is 445. The van der Waals surface area contributed by atoms with Crippen molar-refractivity contribution in [2.24, 2.45) is 5.73 Å². The van der Waals surface area contributed by atoms with Gasteiger partial charge < -0.3 is 11.1 Å². The Morgan fingerprint density at radius 1 is 1.38 bits per heavy atom. The fourth-order valence-corrected chi connectivity index (χ4v) is 1.05. The van der Waals surface area contributed by atoms with Crippen LogP contribution >= 0.6 is 0 Å². The van der Waals surface area contributed by atoms with E-state index in [0.717, 1.165) is 0 Å². The van der Waals surface area contributed by atoms with Gasteiger partial charge in [0.15, 0.2) is 0 Å². The van der Waals surface area contributed by atoms with Gasteiger partial charge in [-0.15, -0.1) is 0 Å². The van der Waals surface area contributed by atoms with E-state index < -0.39 is 17.9 Å². The smallest absolute Gasteiger partial charge is 0.251 e. The molecule has 5 nitrogen and oxygen atoms in total.